The summed E-state index contributed by atoms with van der Waals surface area (Å²) in [5.74, 6) is 0.421. The van der Waals surface area contributed by atoms with E-state index in [1.165, 1.54) is 0 Å². The Labute approximate surface area is 148 Å². The maximum absolute atomic E-state index is 11.0. The van der Waals surface area contributed by atoms with Crippen LogP contribution in [-0.4, -0.2) is 16.3 Å². The number of nitroso groups, excluding NO2 is 1. The number of hydrogen-bond acceptors (Lipinski definition) is 4. The monoisotopic (exact) mass is 364 g/mol. The molecule has 0 saturated carbocycles. The molecule has 124 valence electrons. The van der Waals surface area contributed by atoms with Gasteiger partial charge in [0.25, 0.3) is 0 Å². The highest BCUT2D eigenvalue weighted by molar-refractivity contribution is 6.36. The van der Waals surface area contributed by atoms with Crippen LogP contribution in [0.15, 0.2) is 47.6 Å². The van der Waals surface area contributed by atoms with E-state index in [1.54, 1.807) is 34.9 Å². The van der Waals surface area contributed by atoms with Crippen molar-refractivity contribution in [2.75, 3.05) is 6.61 Å². The second kappa shape index (κ2) is 7.11. The second-order valence-electron chi connectivity index (χ2n) is 5.18. The van der Waals surface area contributed by atoms with Crippen LogP contribution in [0.3, 0.4) is 0 Å². The number of para-hydroxylation sites is 1. The Morgan fingerprint density at radius 3 is 2.58 bits per heavy atom. The summed E-state index contributed by atoms with van der Waals surface area (Å²) in [7, 11) is 0. The van der Waals surface area contributed by atoms with Gasteiger partial charge in [-0.3, -0.25) is 0 Å². The average molecular weight is 365 g/mol. The molecule has 0 aliphatic carbocycles. The number of fused-ring (bicyclic) bond motifs is 1. The van der Waals surface area contributed by atoms with Gasteiger partial charge in [-0.25, -0.2) is 0 Å². The summed E-state index contributed by atoms with van der Waals surface area (Å²) in [6.45, 7) is 0.857. The van der Waals surface area contributed by atoms with Crippen LogP contribution in [0.4, 0.5) is 5.69 Å². The molecule has 0 fully saturated rings. The van der Waals surface area contributed by atoms with Crippen LogP contribution in [0, 0.1) is 4.91 Å². The van der Waals surface area contributed by atoms with Gasteiger partial charge < -0.3 is 14.4 Å². The fourth-order valence-electron chi connectivity index (χ4n) is 2.61. The fourth-order valence-corrected chi connectivity index (χ4v) is 3.05. The molecule has 0 bridgehead atoms. The van der Waals surface area contributed by atoms with Crippen molar-refractivity contribution < 1.29 is 9.84 Å². The number of benzene rings is 2. The van der Waals surface area contributed by atoms with E-state index in [0.717, 1.165) is 0 Å². The van der Waals surface area contributed by atoms with Gasteiger partial charge >= 0.3 is 0 Å². The van der Waals surface area contributed by atoms with Crippen molar-refractivity contribution in [3.63, 3.8) is 0 Å². The molecule has 3 aromatic rings. The van der Waals surface area contributed by atoms with Crippen LogP contribution in [0.2, 0.25) is 10.0 Å². The Hall–Kier alpha value is -2.24. The Balaban J connectivity index is 1.76. The van der Waals surface area contributed by atoms with Crippen LogP contribution in [-0.2, 0) is 6.54 Å². The van der Waals surface area contributed by atoms with Crippen molar-refractivity contribution in [3.8, 4) is 11.6 Å². The molecule has 24 heavy (non-hydrogen) atoms. The summed E-state index contributed by atoms with van der Waals surface area (Å²) in [5.41, 5.74) is 0.620. The SMILES string of the molecule is O=Nc1c(O)n(CCCOc2ccccc2Cl)c2cccc(Cl)c12. The number of aromatic nitrogens is 1. The number of ether oxygens (including phenoxy) is 1. The number of aromatic hydroxyl groups is 1. The van der Waals surface area contributed by atoms with Crippen LogP contribution in [0.1, 0.15) is 6.42 Å². The van der Waals surface area contributed by atoms with Crippen LogP contribution in [0.25, 0.3) is 10.9 Å². The minimum absolute atomic E-state index is 0.0392. The predicted octanol–water partition coefficient (Wildman–Crippen LogP) is 5.52. The molecule has 1 aromatic heterocycles. The summed E-state index contributed by atoms with van der Waals surface area (Å²) in [5, 5.41) is 14.5. The van der Waals surface area contributed by atoms with Gasteiger partial charge in [-0.05, 0) is 35.9 Å². The summed E-state index contributed by atoms with van der Waals surface area (Å²) in [6, 6.07) is 12.4. The lowest BCUT2D eigenvalue weighted by molar-refractivity contribution is 0.298. The summed E-state index contributed by atoms with van der Waals surface area (Å²) < 4.78 is 7.23. The van der Waals surface area contributed by atoms with Crippen LogP contribution in [0.5, 0.6) is 11.6 Å². The smallest absolute Gasteiger partial charge is 0.222 e. The molecule has 1 heterocycles. The molecule has 1 N–H and O–H groups in total. The van der Waals surface area contributed by atoms with E-state index < -0.39 is 0 Å². The third kappa shape index (κ3) is 3.05. The summed E-state index contributed by atoms with van der Waals surface area (Å²) in [6.07, 6.45) is 0.605. The van der Waals surface area contributed by atoms with E-state index in [9.17, 15) is 10.0 Å². The molecule has 2 aromatic carbocycles. The van der Waals surface area contributed by atoms with Gasteiger partial charge in [-0.15, -0.1) is 4.91 Å². The van der Waals surface area contributed by atoms with Crippen LogP contribution < -0.4 is 4.74 Å². The van der Waals surface area contributed by atoms with Crippen molar-refractivity contribution in [2.45, 2.75) is 13.0 Å². The van der Waals surface area contributed by atoms with E-state index in [0.29, 0.717) is 46.3 Å². The molecule has 0 radical (unpaired) electrons. The predicted molar refractivity (Wildman–Crippen MR) is 95.6 cm³/mol. The molecule has 5 nitrogen and oxygen atoms in total. The van der Waals surface area contributed by atoms with Gasteiger partial charge in [-0.2, -0.15) is 0 Å². The number of aryl methyl sites for hydroxylation is 1. The molecular formula is C17H14Cl2N2O3. The van der Waals surface area contributed by atoms with Crippen LogP contribution >= 0.6 is 23.2 Å². The second-order valence-corrected chi connectivity index (χ2v) is 6.00. The highest BCUT2D eigenvalue weighted by Gasteiger charge is 2.19. The molecule has 0 unspecified atom stereocenters. The molecule has 0 spiro atoms. The Morgan fingerprint density at radius 1 is 1.08 bits per heavy atom. The lowest BCUT2D eigenvalue weighted by Crippen LogP contribution is -2.04. The zero-order valence-electron chi connectivity index (χ0n) is 12.6. The molecule has 0 amide bonds. The molecule has 7 heteroatoms. The zero-order chi connectivity index (χ0) is 17.1. The van der Waals surface area contributed by atoms with Gasteiger partial charge in [0, 0.05) is 6.54 Å². The lowest BCUT2D eigenvalue weighted by atomic mass is 10.2. The number of halogens is 2. The molecule has 3 rings (SSSR count). The maximum Gasteiger partial charge on any atom is 0.222 e. The standard InChI is InChI=1S/C17H14Cl2N2O3/c18-11-5-1-2-8-14(11)24-10-4-9-21-13-7-3-6-12(19)15(13)16(20-23)17(21)22/h1-3,5-8,22H,4,9-10H2. The number of hydrogen-bond donors (Lipinski definition) is 1. The highest BCUT2D eigenvalue weighted by atomic mass is 35.5. The highest BCUT2D eigenvalue weighted by Crippen LogP contribution is 2.42. The van der Waals surface area contributed by atoms with Gasteiger partial charge in [0.05, 0.1) is 27.6 Å². The lowest BCUT2D eigenvalue weighted by Gasteiger charge is -2.09. The average Bonchev–Trinajstić information content (AvgIpc) is 2.86. The van der Waals surface area contributed by atoms with Crippen molar-refractivity contribution in [1.82, 2.24) is 4.57 Å². The fraction of sp³-hybridized carbons (Fsp3) is 0.176. The molecular weight excluding hydrogens is 351 g/mol. The molecule has 0 atom stereocenters. The summed E-state index contributed by atoms with van der Waals surface area (Å²) >= 11 is 12.2. The largest absolute Gasteiger partial charge is 0.493 e. The molecule has 0 aliphatic heterocycles. The van der Waals surface area contributed by atoms with E-state index >= 15 is 0 Å². The van der Waals surface area contributed by atoms with Crippen molar-refractivity contribution in [1.29, 1.82) is 0 Å². The normalized spacial score (nSPS) is 10.9. The number of rotatable bonds is 6. The molecule has 0 saturated heterocycles. The first-order valence-corrected chi connectivity index (χ1v) is 8.09. The zero-order valence-corrected chi connectivity index (χ0v) is 14.1. The Kier molecular flexibility index (Phi) is 4.92. The van der Waals surface area contributed by atoms with E-state index in [4.69, 9.17) is 27.9 Å². The third-order valence-electron chi connectivity index (χ3n) is 3.70. The van der Waals surface area contributed by atoms with Crippen molar-refractivity contribution in [2.24, 2.45) is 5.18 Å². The van der Waals surface area contributed by atoms with Gasteiger partial charge in [0.2, 0.25) is 5.88 Å². The van der Waals surface area contributed by atoms with Crippen molar-refractivity contribution >= 4 is 39.8 Å². The summed E-state index contributed by atoms with van der Waals surface area (Å²) in [4.78, 5) is 11.0. The Morgan fingerprint density at radius 2 is 1.83 bits per heavy atom. The first-order chi connectivity index (χ1) is 11.6. The maximum atomic E-state index is 11.0. The minimum atomic E-state index is -0.189. The number of nitrogens with zero attached hydrogens (tertiary/aromatic N) is 2. The quantitative estimate of drug-likeness (QED) is 0.462. The van der Waals surface area contributed by atoms with Gasteiger partial charge in [0.1, 0.15) is 5.75 Å². The third-order valence-corrected chi connectivity index (χ3v) is 4.33. The van der Waals surface area contributed by atoms with Crippen molar-refractivity contribution in [3.05, 3.63) is 57.4 Å². The van der Waals surface area contributed by atoms with Gasteiger partial charge in [0.15, 0.2) is 5.69 Å². The van der Waals surface area contributed by atoms with E-state index in [-0.39, 0.29) is 11.6 Å². The first-order valence-electron chi connectivity index (χ1n) is 7.34. The van der Waals surface area contributed by atoms with E-state index in [2.05, 4.69) is 5.18 Å². The van der Waals surface area contributed by atoms with E-state index in [1.807, 2.05) is 12.1 Å². The first kappa shape index (κ1) is 16.6. The minimum Gasteiger partial charge on any atom is -0.493 e. The molecule has 0 aliphatic rings. The van der Waals surface area contributed by atoms with Gasteiger partial charge in [-0.1, -0.05) is 41.4 Å². The topological polar surface area (TPSA) is 63.8 Å². The Bertz CT molecular complexity index is 893.